The van der Waals surface area contributed by atoms with Crippen LogP contribution in [0.25, 0.3) is 11.1 Å². The molecule has 39 heavy (non-hydrogen) atoms. The summed E-state index contributed by atoms with van der Waals surface area (Å²) in [7, 11) is 0. The van der Waals surface area contributed by atoms with Crippen LogP contribution in [0, 0.1) is 35.1 Å². The summed E-state index contributed by atoms with van der Waals surface area (Å²) in [6.45, 7) is 2.24. The van der Waals surface area contributed by atoms with Crippen molar-refractivity contribution in [3.8, 4) is 11.1 Å². The normalized spacial score (nSPS) is 17.5. The van der Waals surface area contributed by atoms with Crippen LogP contribution in [0.2, 0.25) is 5.02 Å². The van der Waals surface area contributed by atoms with Crippen LogP contribution in [0.4, 0.5) is 17.6 Å². The minimum atomic E-state index is -1.05. The third-order valence-electron chi connectivity index (χ3n) is 8.37. The fourth-order valence-corrected chi connectivity index (χ4v) is 6.03. The summed E-state index contributed by atoms with van der Waals surface area (Å²) in [5.41, 5.74) is 2.80. The van der Waals surface area contributed by atoms with Crippen LogP contribution >= 0.6 is 11.6 Å². The van der Waals surface area contributed by atoms with Crippen LogP contribution in [0.15, 0.2) is 48.5 Å². The Balaban J connectivity index is 1.21. The van der Waals surface area contributed by atoms with Gasteiger partial charge >= 0.3 is 0 Å². The molecule has 0 aromatic heterocycles. The molecule has 210 valence electrons. The monoisotopic (exact) mass is 558 g/mol. The van der Waals surface area contributed by atoms with Crippen LogP contribution in [0.1, 0.15) is 87.8 Å². The van der Waals surface area contributed by atoms with Crippen molar-refractivity contribution in [1.29, 1.82) is 0 Å². The Kier molecular flexibility index (Phi) is 10.9. The smallest absolute Gasteiger partial charge is 0.145 e. The number of aryl methyl sites for hydroxylation is 3. The molecule has 0 heterocycles. The molecule has 0 atom stereocenters. The number of hydrogen-bond acceptors (Lipinski definition) is 0. The molecule has 0 radical (unpaired) electrons. The first-order valence-electron chi connectivity index (χ1n) is 14.5. The number of unbranched alkanes of at least 4 members (excludes halogenated alkanes) is 3. The van der Waals surface area contributed by atoms with Gasteiger partial charge in [-0.2, -0.15) is 0 Å². The lowest BCUT2D eigenvalue weighted by atomic mass is 9.77. The van der Waals surface area contributed by atoms with E-state index < -0.39 is 33.9 Å². The lowest BCUT2D eigenvalue weighted by Gasteiger charge is -2.28. The van der Waals surface area contributed by atoms with Crippen molar-refractivity contribution >= 4 is 11.6 Å². The van der Waals surface area contributed by atoms with Crippen LogP contribution < -0.4 is 0 Å². The molecule has 3 aromatic carbocycles. The molecule has 1 aliphatic rings. The maximum absolute atomic E-state index is 14.8. The number of benzene rings is 3. The van der Waals surface area contributed by atoms with Gasteiger partial charge in [0.2, 0.25) is 0 Å². The van der Waals surface area contributed by atoms with Gasteiger partial charge in [-0.3, -0.25) is 0 Å². The fourth-order valence-electron chi connectivity index (χ4n) is 5.92. The summed E-state index contributed by atoms with van der Waals surface area (Å²) in [4.78, 5) is 0. The second-order valence-corrected chi connectivity index (χ2v) is 11.7. The summed E-state index contributed by atoms with van der Waals surface area (Å²) in [5, 5.41) is -0.687. The average molecular weight is 559 g/mol. The zero-order chi connectivity index (χ0) is 27.8. The van der Waals surface area contributed by atoms with Crippen molar-refractivity contribution in [2.75, 3.05) is 0 Å². The lowest BCUT2D eigenvalue weighted by Crippen LogP contribution is -2.16. The molecule has 0 aliphatic heterocycles. The molecule has 3 aromatic rings. The molecule has 0 amide bonds. The van der Waals surface area contributed by atoms with Gasteiger partial charge in [0, 0.05) is 0 Å². The van der Waals surface area contributed by atoms with Gasteiger partial charge in [-0.1, -0.05) is 87.7 Å². The van der Waals surface area contributed by atoms with Gasteiger partial charge in [0.25, 0.3) is 0 Å². The van der Waals surface area contributed by atoms with E-state index in [0.717, 1.165) is 43.7 Å². The van der Waals surface area contributed by atoms with E-state index in [-0.39, 0.29) is 5.56 Å². The Labute approximate surface area is 235 Å². The second-order valence-electron chi connectivity index (χ2n) is 11.3. The Morgan fingerprint density at radius 3 is 1.62 bits per heavy atom. The van der Waals surface area contributed by atoms with Gasteiger partial charge in [-0.05, 0) is 96.9 Å². The first kappa shape index (κ1) is 29.6. The molecule has 5 heteroatoms. The molecule has 1 saturated carbocycles. The van der Waals surface area contributed by atoms with Crippen molar-refractivity contribution in [1.82, 2.24) is 0 Å². The molecule has 4 rings (SSSR count). The van der Waals surface area contributed by atoms with Gasteiger partial charge in [-0.25, -0.2) is 17.6 Å². The van der Waals surface area contributed by atoms with Crippen molar-refractivity contribution in [3.63, 3.8) is 0 Å². The van der Waals surface area contributed by atoms with Crippen LogP contribution in [-0.4, -0.2) is 0 Å². The van der Waals surface area contributed by atoms with E-state index in [0.29, 0.717) is 17.9 Å². The van der Waals surface area contributed by atoms with E-state index in [2.05, 4.69) is 31.2 Å². The van der Waals surface area contributed by atoms with Gasteiger partial charge in [0.15, 0.2) is 0 Å². The molecular formula is C34H39ClF4. The third-order valence-corrected chi connectivity index (χ3v) is 8.73. The summed E-state index contributed by atoms with van der Waals surface area (Å²) in [6, 6.07) is 13.5. The zero-order valence-corrected chi connectivity index (χ0v) is 23.6. The third kappa shape index (κ3) is 8.33. The van der Waals surface area contributed by atoms with Crippen molar-refractivity contribution in [3.05, 3.63) is 93.5 Å². The molecule has 1 aliphatic carbocycles. The number of rotatable bonds is 12. The first-order chi connectivity index (χ1) is 18.8. The molecule has 0 N–H and O–H groups in total. The van der Waals surface area contributed by atoms with Crippen LogP contribution in [0.3, 0.4) is 0 Å². The van der Waals surface area contributed by atoms with Crippen molar-refractivity contribution in [2.24, 2.45) is 11.8 Å². The highest BCUT2D eigenvalue weighted by Crippen LogP contribution is 2.35. The number of hydrogen-bond donors (Lipinski definition) is 0. The van der Waals surface area contributed by atoms with Gasteiger partial charge in [0.05, 0.1) is 5.56 Å². The largest absolute Gasteiger partial charge is 0.206 e. The maximum atomic E-state index is 14.8. The van der Waals surface area contributed by atoms with Gasteiger partial charge in [0.1, 0.15) is 28.3 Å². The first-order valence-corrected chi connectivity index (χ1v) is 14.9. The highest BCUT2D eigenvalue weighted by Gasteiger charge is 2.22. The van der Waals surface area contributed by atoms with Crippen molar-refractivity contribution in [2.45, 2.75) is 90.4 Å². The van der Waals surface area contributed by atoms with Crippen molar-refractivity contribution < 1.29 is 17.6 Å². The zero-order valence-electron chi connectivity index (χ0n) is 22.9. The molecule has 1 fully saturated rings. The summed E-state index contributed by atoms with van der Waals surface area (Å²) < 4.78 is 57.2. The fraction of sp³-hybridized carbons (Fsp3) is 0.471. The molecular weight excluding hydrogens is 520 g/mol. The summed E-state index contributed by atoms with van der Waals surface area (Å²) in [5.74, 6) is -2.44. The Morgan fingerprint density at radius 2 is 1.10 bits per heavy atom. The maximum Gasteiger partial charge on any atom is 0.145 e. The van der Waals surface area contributed by atoms with E-state index in [1.807, 2.05) is 0 Å². The second kappa shape index (κ2) is 14.3. The highest BCUT2D eigenvalue weighted by molar-refractivity contribution is 6.31. The minimum Gasteiger partial charge on any atom is -0.206 e. The average Bonchev–Trinajstić information content (AvgIpc) is 2.92. The summed E-state index contributed by atoms with van der Waals surface area (Å²) >= 11 is 5.50. The van der Waals surface area contributed by atoms with E-state index >= 15 is 0 Å². The predicted molar refractivity (Wildman–Crippen MR) is 153 cm³/mol. The standard InChI is InChI=1S/C34H39ClF4/c1-2-3-4-5-6-23-7-9-24(10-8-23)11-12-25-13-15-26(16-14-25)17-18-27-19-29(36)33(30(37)20-27)28-21-31(38)34(35)32(39)22-28/h7-10,19-22,25-26H,2-6,11-18H2,1H3. The minimum absolute atomic E-state index is 0.201. The molecule has 0 unspecified atom stereocenters. The van der Waals surface area contributed by atoms with E-state index in [1.165, 1.54) is 74.6 Å². The Bertz CT molecular complexity index is 1170. The molecule has 0 spiro atoms. The molecule has 0 saturated heterocycles. The predicted octanol–water partition coefficient (Wildman–Crippen LogP) is 11.1. The van der Waals surface area contributed by atoms with E-state index in [1.54, 1.807) is 0 Å². The van der Waals surface area contributed by atoms with E-state index in [9.17, 15) is 17.6 Å². The summed E-state index contributed by atoms with van der Waals surface area (Å²) in [6.07, 6.45) is 14.9. The Hall–Kier alpha value is -2.33. The van der Waals surface area contributed by atoms with Crippen LogP contribution in [0.5, 0.6) is 0 Å². The van der Waals surface area contributed by atoms with Crippen LogP contribution in [-0.2, 0) is 19.3 Å². The quantitative estimate of drug-likeness (QED) is 0.118. The molecule has 0 nitrogen and oxygen atoms in total. The number of halogens is 5. The lowest BCUT2D eigenvalue weighted by molar-refractivity contribution is 0.253. The Morgan fingerprint density at radius 1 is 0.615 bits per heavy atom. The van der Waals surface area contributed by atoms with Gasteiger partial charge < -0.3 is 0 Å². The van der Waals surface area contributed by atoms with E-state index in [4.69, 9.17) is 11.6 Å². The van der Waals surface area contributed by atoms with Gasteiger partial charge in [-0.15, -0.1) is 0 Å². The highest BCUT2D eigenvalue weighted by atomic mass is 35.5. The molecule has 0 bridgehead atoms. The topological polar surface area (TPSA) is 0 Å². The SMILES string of the molecule is CCCCCCc1ccc(CCC2CCC(CCc3cc(F)c(-c4cc(F)c(Cl)c(F)c4)c(F)c3)CC2)cc1.